The Balaban J connectivity index is 1.42. The fourth-order valence-corrected chi connectivity index (χ4v) is 4.14. The number of ether oxygens (including phenoxy) is 3. The summed E-state index contributed by atoms with van der Waals surface area (Å²) in [5.74, 6) is 0.251. The molecule has 1 fully saturated rings. The number of imidazole rings is 1. The number of aryl methyl sites for hydroxylation is 1. The molecular weight excluding hydrogens is 584 g/mol. The first-order chi connectivity index (χ1) is 20.3. The summed E-state index contributed by atoms with van der Waals surface area (Å²) in [5, 5.41) is 0. The Labute approximate surface area is 240 Å². The van der Waals surface area contributed by atoms with Gasteiger partial charge in [0.15, 0.2) is 17.3 Å². The van der Waals surface area contributed by atoms with Crippen LogP contribution in [0.4, 0.5) is 26.3 Å². The van der Waals surface area contributed by atoms with Crippen LogP contribution in [0.5, 0.6) is 17.5 Å². The Morgan fingerprint density at radius 2 is 1.70 bits per heavy atom. The molecule has 4 aromatic rings. The summed E-state index contributed by atoms with van der Waals surface area (Å²) in [6, 6.07) is 4.10. The van der Waals surface area contributed by atoms with E-state index in [9.17, 15) is 26.3 Å². The average molecular weight is 610 g/mol. The molecule has 1 atom stereocenters. The van der Waals surface area contributed by atoms with E-state index in [4.69, 9.17) is 19.9 Å². The third kappa shape index (κ3) is 6.79. The average Bonchev–Trinajstić information content (AvgIpc) is 3.74. The number of halogens is 6. The van der Waals surface area contributed by atoms with Crippen LogP contribution in [-0.2, 0) is 19.8 Å². The molecule has 16 heteroatoms. The number of hydrogen-bond acceptors (Lipinski definition) is 9. The molecule has 3 heterocycles. The number of benzene rings is 1. The van der Waals surface area contributed by atoms with Crippen LogP contribution in [0.3, 0.4) is 0 Å². The van der Waals surface area contributed by atoms with Crippen molar-refractivity contribution in [2.75, 3.05) is 13.7 Å². The van der Waals surface area contributed by atoms with Gasteiger partial charge in [-0.05, 0) is 18.4 Å². The van der Waals surface area contributed by atoms with Crippen LogP contribution in [0.2, 0.25) is 0 Å². The normalized spacial score (nSPS) is 14.4. The van der Waals surface area contributed by atoms with Gasteiger partial charge in [0.25, 0.3) is 5.88 Å². The molecule has 2 N–H and O–H groups in total. The van der Waals surface area contributed by atoms with Crippen LogP contribution < -0.4 is 19.9 Å². The van der Waals surface area contributed by atoms with E-state index in [1.165, 1.54) is 31.2 Å². The second kappa shape index (κ2) is 11.7. The van der Waals surface area contributed by atoms with Crippen molar-refractivity contribution in [3.63, 3.8) is 0 Å². The highest BCUT2D eigenvalue weighted by Gasteiger charge is 2.38. The molecule has 43 heavy (non-hydrogen) atoms. The third-order valence-corrected chi connectivity index (χ3v) is 6.54. The Bertz CT molecular complexity index is 1590. The van der Waals surface area contributed by atoms with Gasteiger partial charge >= 0.3 is 12.4 Å². The highest BCUT2D eigenvalue weighted by atomic mass is 19.4. The van der Waals surface area contributed by atoms with Gasteiger partial charge in [0.1, 0.15) is 37.0 Å². The lowest BCUT2D eigenvalue weighted by Crippen LogP contribution is -2.42. The molecule has 1 saturated carbocycles. The van der Waals surface area contributed by atoms with Gasteiger partial charge in [-0.2, -0.15) is 31.3 Å². The molecule has 0 bridgehead atoms. The van der Waals surface area contributed by atoms with Gasteiger partial charge in [0, 0.05) is 24.7 Å². The van der Waals surface area contributed by atoms with Crippen LogP contribution in [0.1, 0.15) is 35.7 Å². The maximum absolute atomic E-state index is 13.1. The first-order valence-electron chi connectivity index (χ1n) is 12.9. The molecule has 1 aromatic carbocycles. The zero-order valence-corrected chi connectivity index (χ0v) is 22.8. The van der Waals surface area contributed by atoms with Crippen LogP contribution in [0, 0.1) is 0 Å². The highest BCUT2D eigenvalue weighted by Crippen LogP contribution is 2.45. The summed E-state index contributed by atoms with van der Waals surface area (Å²) >= 11 is 0. The molecule has 0 radical (unpaired) electrons. The minimum atomic E-state index is -4.69. The largest absolute Gasteiger partial charge is 0.485 e. The van der Waals surface area contributed by atoms with E-state index in [-0.39, 0.29) is 41.7 Å². The fraction of sp³-hybridized carbons (Fsp3) is 0.370. The number of alkyl halides is 6. The van der Waals surface area contributed by atoms with Gasteiger partial charge in [-0.3, -0.25) is 0 Å². The molecule has 0 aliphatic heterocycles. The van der Waals surface area contributed by atoms with E-state index in [1.54, 1.807) is 24.3 Å². The summed E-state index contributed by atoms with van der Waals surface area (Å²) in [6.07, 6.45) is -4.04. The second-order valence-corrected chi connectivity index (χ2v) is 9.78. The van der Waals surface area contributed by atoms with Crippen molar-refractivity contribution in [2.24, 2.45) is 12.8 Å². The lowest BCUT2D eigenvalue weighted by atomic mass is 10.1. The quantitative estimate of drug-likeness (QED) is 0.245. The van der Waals surface area contributed by atoms with E-state index in [2.05, 4.69) is 24.9 Å². The maximum atomic E-state index is 13.1. The molecule has 10 nitrogen and oxygen atoms in total. The predicted octanol–water partition coefficient (Wildman–Crippen LogP) is 5.09. The van der Waals surface area contributed by atoms with E-state index in [1.807, 2.05) is 0 Å². The number of nitrogens with two attached hydrogens (primary N) is 1. The van der Waals surface area contributed by atoms with Gasteiger partial charge in [0.2, 0.25) is 5.88 Å². The first-order valence-corrected chi connectivity index (χ1v) is 12.9. The lowest BCUT2D eigenvalue weighted by molar-refractivity contribution is -0.153. The summed E-state index contributed by atoms with van der Waals surface area (Å²) in [4.78, 5) is 20.9. The summed E-state index contributed by atoms with van der Waals surface area (Å²) in [6.45, 7) is -1.03. The van der Waals surface area contributed by atoms with Crippen molar-refractivity contribution >= 4 is 0 Å². The number of nitrogens with zero attached hydrogens (tertiary/aromatic N) is 6. The molecule has 5 rings (SSSR count). The number of aromatic nitrogens is 6. The standard InChI is InChI=1S/C27H25F6N7O3/c1-40-10-19(27(31,32)33)38-23(40)16-5-3-14(4-6-16)11-43-24-17(42-12-18(34)26(28,29)30)9-35-22(39-24)20-21(15-7-8-15)36-13-37-25(20)41-2/h3-6,9-10,13,15,18H,7-8,11-12,34H2,1-2H3/t18-/m1/s1. The van der Waals surface area contributed by atoms with Crippen molar-refractivity contribution in [1.82, 2.24) is 29.5 Å². The molecule has 0 unspecified atom stereocenters. The molecule has 0 amide bonds. The predicted molar refractivity (Wildman–Crippen MR) is 139 cm³/mol. The lowest BCUT2D eigenvalue weighted by Gasteiger charge is -2.18. The fourth-order valence-electron chi connectivity index (χ4n) is 4.14. The van der Waals surface area contributed by atoms with Crippen LogP contribution in [0.15, 0.2) is 43.0 Å². The topological polar surface area (TPSA) is 123 Å². The van der Waals surface area contributed by atoms with Crippen molar-refractivity contribution in [2.45, 2.75) is 43.8 Å². The number of rotatable bonds is 10. The molecular formula is C27H25F6N7O3. The van der Waals surface area contributed by atoms with E-state index in [0.717, 1.165) is 19.0 Å². The zero-order valence-electron chi connectivity index (χ0n) is 22.8. The molecule has 3 aromatic heterocycles. The second-order valence-electron chi connectivity index (χ2n) is 9.78. The Kier molecular flexibility index (Phi) is 8.14. The Hall–Kier alpha value is -4.47. The van der Waals surface area contributed by atoms with Gasteiger partial charge in [-0.25, -0.2) is 19.9 Å². The summed E-state index contributed by atoms with van der Waals surface area (Å²) in [7, 11) is 2.88. The van der Waals surface area contributed by atoms with Gasteiger partial charge in [-0.15, -0.1) is 0 Å². The van der Waals surface area contributed by atoms with Crippen molar-refractivity contribution in [3.8, 4) is 40.3 Å². The maximum Gasteiger partial charge on any atom is 0.434 e. The van der Waals surface area contributed by atoms with E-state index in [0.29, 0.717) is 22.4 Å². The van der Waals surface area contributed by atoms with Crippen LogP contribution in [-0.4, -0.2) is 55.4 Å². The SMILES string of the molecule is COc1ncnc(C2CC2)c1-c1ncc(OC[C@@H](N)C(F)(F)F)c(OCc2ccc(-c3nc(C(F)(F)F)cn3C)cc2)n1. The van der Waals surface area contributed by atoms with Gasteiger partial charge in [-0.1, -0.05) is 24.3 Å². The van der Waals surface area contributed by atoms with Crippen LogP contribution in [0.25, 0.3) is 22.8 Å². The zero-order chi connectivity index (χ0) is 30.9. The molecule has 0 saturated heterocycles. The van der Waals surface area contributed by atoms with Gasteiger partial charge < -0.3 is 24.5 Å². The number of methoxy groups -OCH3 is 1. The molecule has 1 aliphatic carbocycles. The van der Waals surface area contributed by atoms with Gasteiger partial charge in [0.05, 0.1) is 19.0 Å². The number of hydrogen-bond donors (Lipinski definition) is 1. The third-order valence-electron chi connectivity index (χ3n) is 6.54. The van der Waals surface area contributed by atoms with E-state index < -0.39 is 30.7 Å². The first kappa shape index (κ1) is 30.0. The summed E-state index contributed by atoms with van der Waals surface area (Å²) in [5.41, 5.74) is 6.28. The van der Waals surface area contributed by atoms with E-state index >= 15 is 0 Å². The van der Waals surface area contributed by atoms with Crippen molar-refractivity contribution < 1.29 is 40.6 Å². The van der Waals surface area contributed by atoms with Crippen molar-refractivity contribution in [3.05, 3.63) is 59.9 Å². The van der Waals surface area contributed by atoms with Crippen LogP contribution >= 0.6 is 0 Å². The summed E-state index contributed by atoms with van der Waals surface area (Å²) < 4.78 is 96.0. The smallest absolute Gasteiger partial charge is 0.434 e. The Morgan fingerprint density at radius 3 is 2.30 bits per heavy atom. The molecule has 0 spiro atoms. The monoisotopic (exact) mass is 609 g/mol. The minimum absolute atomic E-state index is 0.113. The Morgan fingerprint density at radius 1 is 0.977 bits per heavy atom. The molecule has 228 valence electrons. The highest BCUT2D eigenvalue weighted by molar-refractivity contribution is 5.66. The molecule has 1 aliphatic rings. The van der Waals surface area contributed by atoms with Crippen molar-refractivity contribution in [1.29, 1.82) is 0 Å². The minimum Gasteiger partial charge on any atom is -0.485 e.